The summed E-state index contributed by atoms with van der Waals surface area (Å²) in [6.07, 6.45) is 0. The average molecular weight is 365 g/mol. The molecule has 8 heteroatoms. The molecule has 0 spiro atoms. The molecule has 2 amide bonds. The molecular weight excluding hydrogens is 351 g/mol. The Labute approximate surface area is 147 Å². The molecule has 0 aliphatic heterocycles. The minimum Gasteiger partial charge on any atom is -0.454 e. The van der Waals surface area contributed by atoms with E-state index in [4.69, 9.17) is 16.3 Å². The molecule has 0 radical (unpaired) electrons. The standard InChI is InChI=1S/C17H14ClFN2O4/c18-13-8-12(6-7-14(13)19)21-15(22)10-25-16(23)9-20-17(24)11-4-2-1-3-5-11/h1-8H,9-10H2,(H,20,24)(H,21,22). The molecule has 0 aromatic heterocycles. The second-order valence-corrected chi connectivity index (χ2v) is 5.29. The molecule has 130 valence electrons. The molecule has 0 aliphatic carbocycles. The molecule has 0 saturated heterocycles. The third-order valence-corrected chi connectivity index (χ3v) is 3.29. The highest BCUT2D eigenvalue weighted by Crippen LogP contribution is 2.19. The molecule has 0 unspecified atom stereocenters. The highest BCUT2D eigenvalue weighted by molar-refractivity contribution is 6.31. The number of hydrogen-bond donors (Lipinski definition) is 2. The van der Waals surface area contributed by atoms with E-state index in [1.807, 2.05) is 0 Å². The van der Waals surface area contributed by atoms with E-state index in [0.717, 1.165) is 6.07 Å². The summed E-state index contributed by atoms with van der Waals surface area (Å²) in [7, 11) is 0. The second kappa shape index (κ2) is 8.79. The number of hydrogen-bond acceptors (Lipinski definition) is 4. The van der Waals surface area contributed by atoms with E-state index in [-0.39, 0.29) is 17.3 Å². The quantitative estimate of drug-likeness (QED) is 0.771. The van der Waals surface area contributed by atoms with Crippen molar-refractivity contribution in [1.29, 1.82) is 0 Å². The van der Waals surface area contributed by atoms with E-state index in [9.17, 15) is 18.8 Å². The molecule has 2 aromatic carbocycles. The zero-order valence-corrected chi connectivity index (χ0v) is 13.7. The molecule has 0 saturated carbocycles. The fraction of sp³-hybridized carbons (Fsp3) is 0.118. The fourth-order valence-electron chi connectivity index (χ4n) is 1.81. The largest absolute Gasteiger partial charge is 0.454 e. The number of esters is 1. The first-order chi connectivity index (χ1) is 12.0. The smallest absolute Gasteiger partial charge is 0.325 e. The van der Waals surface area contributed by atoms with Gasteiger partial charge < -0.3 is 15.4 Å². The lowest BCUT2D eigenvalue weighted by molar-refractivity contribution is -0.146. The maximum atomic E-state index is 13.0. The van der Waals surface area contributed by atoms with Gasteiger partial charge in [0.25, 0.3) is 11.8 Å². The molecule has 0 fully saturated rings. The van der Waals surface area contributed by atoms with Gasteiger partial charge in [-0.15, -0.1) is 0 Å². The van der Waals surface area contributed by atoms with Crippen LogP contribution in [0.5, 0.6) is 0 Å². The zero-order chi connectivity index (χ0) is 18.2. The molecular formula is C17H14ClFN2O4. The normalized spacial score (nSPS) is 10.0. The van der Waals surface area contributed by atoms with Crippen molar-refractivity contribution in [2.75, 3.05) is 18.5 Å². The number of benzene rings is 2. The molecule has 0 atom stereocenters. The monoisotopic (exact) mass is 364 g/mol. The van der Waals surface area contributed by atoms with E-state index >= 15 is 0 Å². The van der Waals surface area contributed by atoms with Crippen molar-refractivity contribution in [2.24, 2.45) is 0 Å². The number of amides is 2. The van der Waals surface area contributed by atoms with Gasteiger partial charge in [-0.05, 0) is 30.3 Å². The summed E-state index contributed by atoms with van der Waals surface area (Å²) < 4.78 is 17.8. The Bertz CT molecular complexity index is 783. The van der Waals surface area contributed by atoms with Crippen molar-refractivity contribution in [3.05, 3.63) is 64.9 Å². The Morgan fingerprint density at radius 1 is 1.08 bits per heavy atom. The van der Waals surface area contributed by atoms with Gasteiger partial charge in [0.1, 0.15) is 12.4 Å². The zero-order valence-electron chi connectivity index (χ0n) is 12.9. The van der Waals surface area contributed by atoms with Crippen LogP contribution in [-0.2, 0) is 14.3 Å². The van der Waals surface area contributed by atoms with Gasteiger partial charge in [0.15, 0.2) is 6.61 Å². The van der Waals surface area contributed by atoms with Crippen LogP contribution in [0.25, 0.3) is 0 Å². The van der Waals surface area contributed by atoms with Crippen LogP contribution in [0.2, 0.25) is 5.02 Å². The van der Waals surface area contributed by atoms with Crippen LogP contribution >= 0.6 is 11.6 Å². The van der Waals surface area contributed by atoms with Crippen LogP contribution in [0.3, 0.4) is 0 Å². The van der Waals surface area contributed by atoms with Crippen LogP contribution in [0.1, 0.15) is 10.4 Å². The van der Waals surface area contributed by atoms with Crippen molar-refractivity contribution in [3.63, 3.8) is 0 Å². The van der Waals surface area contributed by atoms with Gasteiger partial charge in [-0.3, -0.25) is 14.4 Å². The minimum absolute atomic E-state index is 0.140. The maximum absolute atomic E-state index is 13.0. The van der Waals surface area contributed by atoms with E-state index in [2.05, 4.69) is 10.6 Å². The Kier molecular flexibility index (Phi) is 6.47. The summed E-state index contributed by atoms with van der Waals surface area (Å²) >= 11 is 5.59. The fourth-order valence-corrected chi connectivity index (χ4v) is 1.99. The first kappa shape index (κ1) is 18.4. The molecule has 0 bridgehead atoms. The van der Waals surface area contributed by atoms with Crippen LogP contribution < -0.4 is 10.6 Å². The van der Waals surface area contributed by atoms with Gasteiger partial charge >= 0.3 is 5.97 Å². The van der Waals surface area contributed by atoms with Gasteiger partial charge in [0, 0.05) is 11.3 Å². The molecule has 2 aromatic rings. The molecule has 25 heavy (non-hydrogen) atoms. The number of carbonyl (C=O) groups is 3. The first-order valence-corrected chi connectivity index (χ1v) is 7.57. The summed E-state index contributed by atoms with van der Waals surface area (Å²) in [5, 5.41) is 4.64. The van der Waals surface area contributed by atoms with E-state index in [1.54, 1.807) is 30.3 Å². The van der Waals surface area contributed by atoms with Crippen molar-refractivity contribution in [3.8, 4) is 0 Å². The predicted molar refractivity (Wildman–Crippen MR) is 89.8 cm³/mol. The topological polar surface area (TPSA) is 84.5 Å². The van der Waals surface area contributed by atoms with Gasteiger partial charge in [-0.25, -0.2) is 4.39 Å². The maximum Gasteiger partial charge on any atom is 0.325 e. The highest BCUT2D eigenvalue weighted by Gasteiger charge is 2.11. The lowest BCUT2D eigenvalue weighted by atomic mass is 10.2. The molecule has 6 nitrogen and oxygen atoms in total. The number of anilines is 1. The third kappa shape index (κ3) is 5.89. The molecule has 2 N–H and O–H groups in total. The summed E-state index contributed by atoms with van der Waals surface area (Å²) in [5.74, 6) is -2.43. The number of carbonyl (C=O) groups excluding carboxylic acids is 3. The van der Waals surface area contributed by atoms with Crippen LogP contribution in [0, 0.1) is 5.82 Å². The van der Waals surface area contributed by atoms with Gasteiger partial charge in [0.05, 0.1) is 5.02 Å². The SMILES string of the molecule is O=C(COC(=O)CNC(=O)c1ccccc1)Nc1ccc(F)c(Cl)c1. The van der Waals surface area contributed by atoms with Crippen LogP contribution in [0.15, 0.2) is 48.5 Å². The Balaban J connectivity index is 1.73. The summed E-state index contributed by atoms with van der Waals surface area (Å²) in [6, 6.07) is 12.0. The summed E-state index contributed by atoms with van der Waals surface area (Å²) in [4.78, 5) is 35.0. The van der Waals surface area contributed by atoms with Gasteiger partial charge in [0.2, 0.25) is 0 Å². The Hall–Kier alpha value is -2.93. The van der Waals surface area contributed by atoms with Crippen LogP contribution in [-0.4, -0.2) is 30.9 Å². The van der Waals surface area contributed by atoms with Crippen LogP contribution in [0.4, 0.5) is 10.1 Å². The summed E-state index contributed by atoms with van der Waals surface area (Å²) in [5.41, 5.74) is 0.672. The van der Waals surface area contributed by atoms with Gasteiger partial charge in [-0.2, -0.15) is 0 Å². The van der Waals surface area contributed by atoms with Crippen molar-refractivity contribution >= 4 is 35.1 Å². The number of rotatable bonds is 6. The lowest BCUT2D eigenvalue weighted by Gasteiger charge is -2.08. The highest BCUT2D eigenvalue weighted by atomic mass is 35.5. The van der Waals surface area contributed by atoms with Crippen molar-refractivity contribution in [1.82, 2.24) is 5.32 Å². The molecule has 0 aliphatic rings. The van der Waals surface area contributed by atoms with Crippen molar-refractivity contribution in [2.45, 2.75) is 0 Å². The van der Waals surface area contributed by atoms with Crippen molar-refractivity contribution < 1.29 is 23.5 Å². The van der Waals surface area contributed by atoms with Gasteiger partial charge in [-0.1, -0.05) is 29.8 Å². The number of ether oxygens (including phenoxy) is 1. The van der Waals surface area contributed by atoms with E-state index in [0.29, 0.717) is 5.56 Å². The first-order valence-electron chi connectivity index (χ1n) is 7.19. The lowest BCUT2D eigenvalue weighted by Crippen LogP contribution is -2.32. The molecule has 0 heterocycles. The predicted octanol–water partition coefficient (Wildman–Crippen LogP) is 2.39. The molecule has 2 rings (SSSR count). The van der Waals surface area contributed by atoms with E-state index < -0.39 is 30.2 Å². The number of nitrogens with one attached hydrogen (secondary N) is 2. The minimum atomic E-state index is -0.767. The Morgan fingerprint density at radius 3 is 2.48 bits per heavy atom. The average Bonchev–Trinajstić information content (AvgIpc) is 2.61. The number of halogens is 2. The summed E-state index contributed by atoms with van der Waals surface area (Å²) in [6.45, 7) is -0.918. The van der Waals surface area contributed by atoms with E-state index in [1.165, 1.54) is 12.1 Å². The second-order valence-electron chi connectivity index (χ2n) is 4.89. The third-order valence-electron chi connectivity index (χ3n) is 3.00. The Morgan fingerprint density at radius 2 is 1.80 bits per heavy atom.